The molecule has 0 atom stereocenters. The smallest absolute Gasteiger partial charge is 0.232 e. The number of hydrogen-bond acceptors (Lipinski definition) is 7. The van der Waals surface area contributed by atoms with Gasteiger partial charge < -0.3 is 5.32 Å². The highest BCUT2D eigenvalue weighted by molar-refractivity contribution is 7.99. The van der Waals surface area contributed by atoms with E-state index in [-0.39, 0.29) is 11.2 Å². The first kappa shape index (κ1) is 21.7. The Kier molecular flexibility index (Phi) is 6.23. The molecule has 1 aliphatic carbocycles. The Hall–Kier alpha value is -2.54. The average molecular weight is 436 g/mol. The van der Waals surface area contributed by atoms with E-state index in [1.54, 1.807) is 0 Å². The fraction of sp³-hybridized carbons (Fsp3) is 0.458. The molecule has 7 heteroatoms. The van der Waals surface area contributed by atoms with Crippen LogP contribution in [0.4, 0.5) is 5.95 Å². The van der Waals surface area contributed by atoms with E-state index in [0.717, 1.165) is 35.0 Å². The van der Waals surface area contributed by atoms with Gasteiger partial charge in [-0.05, 0) is 59.4 Å². The molecular weight excluding hydrogens is 406 g/mol. The topological polar surface area (TPSA) is 80.1 Å². The molecule has 1 aromatic carbocycles. The minimum atomic E-state index is 0.0973. The SMILES string of the molecule is CCC(=O)Cc1ccc(Sc2nc(NC3=NCC(C(C)(C)C)=C3)nc(C3CC3)n2)cc1. The lowest BCUT2D eigenvalue weighted by molar-refractivity contribution is -0.118. The van der Waals surface area contributed by atoms with Gasteiger partial charge in [-0.25, -0.2) is 4.98 Å². The summed E-state index contributed by atoms with van der Waals surface area (Å²) >= 11 is 1.51. The standard InChI is InChI=1S/C24H29N5OS/c1-5-18(30)12-15-6-10-19(11-7-15)31-23-28-21(16-8-9-16)27-22(29-23)26-20-13-17(14-25-20)24(2,3)4/h6-7,10-11,13,16H,5,8-9,12,14H2,1-4H3,(H,25,26,27,28,29). The lowest BCUT2D eigenvalue weighted by Crippen LogP contribution is -2.13. The fourth-order valence-corrected chi connectivity index (χ4v) is 3.96. The van der Waals surface area contributed by atoms with E-state index in [1.165, 1.54) is 17.3 Å². The van der Waals surface area contributed by atoms with Crippen LogP contribution in [0.2, 0.25) is 0 Å². The van der Waals surface area contributed by atoms with Crippen LogP contribution in [0.1, 0.15) is 64.3 Å². The van der Waals surface area contributed by atoms with Crippen molar-refractivity contribution < 1.29 is 4.79 Å². The molecule has 1 aliphatic heterocycles. The lowest BCUT2D eigenvalue weighted by atomic mass is 9.87. The monoisotopic (exact) mass is 435 g/mol. The van der Waals surface area contributed by atoms with E-state index in [4.69, 9.17) is 4.98 Å². The van der Waals surface area contributed by atoms with Gasteiger partial charge in [0.2, 0.25) is 5.95 Å². The van der Waals surface area contributed by atoms with E-state index in [2.05, 4.69) is 47.1 Å². The Morgan fingerprint density at radius 2 is 1.87 bits per heavy atom. The molecule has 0 unspecified atom stereocenters. The molecule has 1 fully saturated rings. The number of aromatic nitrogens is 3. The summed E-state index contributed by atoms with van der Waals surface area (Å²) in [6, 6.07) is 8.06. The Morgan fingerprint density at radius 3 is 2.48 bits per heavy atom. The van der Waals surface area contributed by atoms with Crippen LogP contribution >= 0.6 is 11.8 Å². The summed E-state index contributed by atoms with van der Waals surface area (Å²) in [6.45, 7) is 9.20. The molecule has 2 aliphatic rings. The van der Waals surface area contributed by atoms with Crippen molar-refractivity contribution in [1.29, 1.82) is 0 Å². The molecule has 0 spiro atoms. The van der Waals surface area contributed by atoms with Gasteiger partial charge in [-0.1, -0.05) is 39.8 Å². The number of carbonyl (C=O) groups is 1. The summed E-state index contributed by atoms with van der Waals surface area (Å²) in [4.78, 5) is 31.3. The molecule has 1 aromatic heterocycles. The minimum Gasteiger partial charge on any atom is -0.309 e. The van der Waals surface area contributed by atoms with Gasteiger partial charge in [0.05, 0.1) is 6.54 Å². The van der Waals surface area contributed by atoms with Gasteiger partial charge in [0.25, 0.3) is 0 Å². The molecule has 1 N–H and O–H groups in total. The van der Waals surface area contributed by atoms with Gasteiger partial charge in [-0.15, -0.1) is 0 Å². The first-order valence-corrected chi connectivity index (χ1v) is 11.7. The molecule has 1 saturated carbocycles. The molecule has 0 saturated heterocycles. The number of amidine groups is 1. The van der Waals surface area contributed by atoms with E-state index in [0.29, 0.717) is 36.4 Å². The molecule has 31 heavy (non-hydrogen) atoms. The van der Waals surface area contributed by atoms with Crippen molar-refractivity contribution in [3.63, 3.8) is 0 Å². The third kappa shape index (κ3) is 5.79. The maximum atomic E-state index is 11.7. The molecule has 0 amide bonds. The molecule has 0 radical (unpaired) electrons. The molecular formula is C24H29N5OS. The third-order valence-electron chi connectivity index (χ3n) is 5.44. The van der Waals surface area contributed by atoms with Crippen molar-refractivity contribution in [1.82, 2.24) is 15.0 Å². The Balaban J connectivity index is 1.50. The van der Waals surface area contributed by atoms with Crippen molar-refractivity contribution in [2.24, 2.45) is 10.4 Å². The van der Waals surface area contributed by atoms with Crippen LogP contribution in [0, 0.1) is 5.41 Å². The summed E-state index contributed by atoms with van der Waals surface area (Å²) < 4.78 is 0. The number of rotatable bonds is 7. The maximum Gasteiger partial charge on any atom is 0.232 e. The number of benzene rings is 1. The van der Waals surface area contributed by atoms with Gasteiger partial charge in [0, 0.05) is 23.7 Å². The van der Waals surface area contributed by atoms with Gasteiger partial charge in [-0.3, -0.25) is 9.79 Å². The van der Waals surface area contributed by atoms with Gasteiger partial charge in [0.15, 0.2) is 5.16 Å². The molecule has 2 aromatic rings. The normalized spacial score (nSPS) is 16.1. The number of ketones is 1. The van der Waals surface area contributed by atoms with Crippen molar-refractivity contribution in [2.75, 3.05) is 11.9 Å². The summed E-state index contributed by atoms with van der Waals surface area (Å²) in [5, 5.41) is 3.97. The average Bonchev–Trinajstić information content (AvgIpc) is 3.47. The summed E-state index contributed by atoms with van der Waals surface area (Å²) in [7, 11) is 0. The lowest BCUT2D eigenvalue weighted by Gasteiger charge is -2.18. The predicted octanol–water partition coefficient (Wildman–Crippen LogP) is 5.22. The van der Waals surface area contributed by atoms with E-state index in [1.807, 2.05) is 31.2 Å². The maximum absolute atomic E-state index is 11.7. The Morgan fingerprint density at radius 1 is 1.13 bits per heavy atom. The van der Waals surface area contributed by atoms with Crippen LogP contribution in [-0.4, -0.2) is 33.1 Å². The first-order chi connectivity index (χ1) is 14.8. The highest BCUT2D eigenvalue weighted by Gasteiger charge is 2.28. The number of aliphatic imine (C=N–C) groups is 1. The molecule has 4 rings (SSSR count). The van der Waals surface area contributed by atoms with Crippen molar-refractivity contribution in [3.8, 4) is 0 Å². The van der Waals surface area contributed by atoms with Crippen LogP contribution in [0.25, 0.3) is 0 Å². The second kappa shape index (κ2) is 8.91. The largest absolute Gasteiger partial charge is 0.309 e. The van der Waals surface area contributed by atoms with Crippen LogP contribution in [0.15, 0.2) is 51.0 Å². The Labute approximate surface area is 188 Å². The minimum absolute atomic E-state index is 0.0973. The van der Waals surface area contributed by atoms with Crippen LogP contribution < -0.4 is 5.32 Å². The highest BCUT2D eigenvalue weighted by Crippen LogP contribution is 2.39. The summed E-state index contributed by atoms with van der Waals surface area (Å²) in [5.41, 5.74) is 2.43. The highest BCUT2D eigenvalue weighted by atomic mass is 32.2. The van der Waals surface area contributed by atoms with Crippen LogP contribution in [-0.2, 0) is 11.2 Å². The van der Waals surface area contributed by atoms with Crippen molar-refractivity contribution in [3.05, 3.63) is 47.3 Å². The molecule has 0 bridgehead atoms. The summed E-state index contributed by atoms with van der Waals surface area (Å²) in [6.07, 6.45) is 5.41. The first-order valence-electron chi connectivity index (χ1n) is 10.9. The van der Waals surface area contributed by atoms with E-state index >= 15 is 0 Å². The molecule has 162 valence electrons. The molecule has 6 nitrogen and oxygen atoms in total. The number of Topliss-reactive ketones (excluding diaryl/α,β-unsaturated/α-hetero) is 1. The Bertz CT molecular complexity index is 1030. The van der Waals surface area contributed by atoms with Gasteiger partial charge in [-0.2, -0.15) is 9.97 Å². The number of anilines is 1. The number of nitrogens with one attached hydrogen (secondary N) is 1. The second-order valence-corrected chi connectivity index (χ2v) is 10.2. The predicted molar refractivity (Wildman–Crippen MR) is 125 cm³/mol. The number of hydrogen-bond donors (Lipinski definition) is 1. The zero-order valence-corrected chi connectivity index (χ0v) is 19.4. The fourth-order valence-electron chi connectivity index (χ4n) is 3.20. The van der Waals surface area contributed by atoms with Crippen molar-refractivity contribution in [2.45, 2.75) is 69.3 Å². The summed E-state index contributed by atoms with van der Waals surface area (Å²) in [5.74, 6) is 2.88. The van der Waals surface area contributed by atoms with E-state index in [9.17, 15) is 4.79 Å². The van der Waals surface area contributed by atoms with Crippen LogP contribution in [0.3, 0.4) is 0 Å². The van der Waals surface area contributed by atoms with Crippen molar-refractivity contribution >= 4 is 29.3 Å². The third-order valence-corrected chi connectivity index (χ3v) is 6.31. The quantitative estimate of drug-likeness (QED) is 0.642. The zero-order chi connectivity index (χ0) is 22.0. The van der Waals surface area contributed by atoms with E-state index < -0.39 is 0 Å². The van der Waals surface area contributed by atoms with Gasteiger partial charge >= 0.3 is 0 Å². The van der Waals surface area contributed by atoms with Crippen LogP contribution in [0.5, 0.6) is 0 Å². The second-order valence-electron chi connectivity index (χ2n) is 9.14. The number of carbonyl (C=O) groups excluding carboxylic acids is 1. The number of nitrogens with zero attached hydrogens (tertiary/aromatic N) is 4. The zero-order valence-electron chi connectivity index (χ0n) is 18.6. The molecule has 2 heterocycles. The van der Waals surface area contributed by atoms with Gasteiger partial charge in [0.1, 0.15) is 17.4 Å².